The van der Waals surface area contributed by atoms with E-state index in [1.807, 2.05) is 0 Å². The summed E-state index contributed by atoms with van der Waals surface area (Å²) in [6.45, 7) is 5.23. The average Bonchev–Trinajstić information content (AvgIpc) is 1.79. The van der Waals surface area contributed by atoms with Crippen LogP contribution in [-0.4, -0.2) is 22.4 Å². The first-order valence-corrected chi connectivity index (χ1v) is 3.82. The smallest absolute Gasteiger partial charge is 0.0541 e. The summed E-state index contributed by atoms with van der Waals surface area (Å²) in [5.41, 5.74) is 0. The molecule has 2 unspecified atom stereocenters. The molecule has 2 nitrogen and oxygen atoms in total. The molecule has 0 heterocycles. The van der Waals surface area contributed by atoms with Crippen molar-refractivity contribution in [3.05, 3.63) is 6.92 Å². The van der Waals surface area contributed by atoms with Gasteiger partial charge >= 0.3 is 0 Å². The lowest BCUT2D eigenvalue weighted by atomic mass is 10.1. The van der Waals surface area contributed by atoms with E-state index in [2.05, 4.69) is 6.92 Å². The van der Waals surface area contributed by atoms with Crippen molar-refractivity contribution in [3.8, 4) is 0 Å². The topological polar surface area (TPSA) is 40.5 Å². The van der Waals surface area contributed by atoms with Crippen molar-refractivity contribution in [2.75, 3.05) is 0 Å². The summed E-state index contributed by atoms with van der Waals surface area (Å²) in [6, 6.07) is 0. The Morgan fingerprint density at radius 2 is 1.70 bits per heavy atom. The van der Waals surface area contributed by atoms with Crippen LogP contribution < -0.4 is 0 Å². The quantitative estimate of drug-likeness (QED) is 0.569. The van der Waals surface area contributed by atoms with Crippen molar-refractivity contribution in [1.82, 2.24) is 0 Å². The molecular weight excluding hydrogens is 128 g/mol. The Labute approximate surface area is 62.9 Å². The molecule has 0 bridgehead atoms. The normalized spacial score (nSPS) is 16.8. The van der Waals surface area contributed by atoms with Crippen LogP contribution in [0, 0.1) is 6.92 Å². The van der Waals surface area contributed by atoms with Crippen LogP contribution in [0.3, 0.4) is 0 Å². The van der Waals surface area contributed by atoms with E-state index in [1.54, 1.807) is 6.92 Å². The van der Waals surface area contributed by atoms with Crippen molar-refractivity contribution in [2.24, 2.45) is 0 Å². The second-order valence-corrected chi connectivity index (χ2v) is 2.79. The molecule has 0 aromatic rings. The van der Waals surface area contributed by atoms with Crippen molar-refractivity contribution in [1.29, 1.82) is 0 Å². The molecule has 0 spiro atoms. The molecule has 0 aromatic heterocycles. The first-order chi connectivity index (χ1) is 4.63. The predicted molar refractivity (Wildman–Crippen MR) is 41.5 cm³/mol. The third-order valence-corrected chi connectivity index (χ3v) is 1.41. The summed E-state index contributed by atoms with van der Waals surface area (Å²) in [6.07, 6.45) is 2.86. The fourth-order valence-electron chi connectivity index (χ4n) is 0.820. The van der Waals surface area contributed by atoms with Gasteiger partial charge in [0, 0.05) is 0 Å². The second-order valence-electron chi connectivity index (χ2n) is 2.79. The van der Waals surface area contributed by atoms with Gasteiger partial charge in [-0.1, -0.05) is 12.8 Å². The maximum absolute atomic E-state index is 8.84. The highest BCUT2D eigenvalue weighted by molar-refractivity contribution is 4.57. The third kappa shape index (κ3) is 7.92. The van der Waals surface area contributed by atoms with E-state index in [4.69, 9.17) is 10.2 Å². The van der Waals surface area contributed by atoms with E-state index in [9.17, 15) is 0 Å². The SMILES string of the molecule is [CH2]C(O)CCCCC(C)O. The number of aliphatic hydroxyl groups is 2. The number of aliphatic hydroxyl groups excluding tert-OH is 2. The van der Waals surface area contributed by atoms with Crippen LogP contribution >= 0.6 is 0 Å². The van der Waals surface area contributed by atoms with E-state index >= 15 is 0 Å². The standard InChI is InChI=1S/C8H17O2/c1-7(9)5-3-4-6-8(2)10/h7-10H,1,3-6H2,2H3. The summed E-state index contributed by atoms with van der Waals surface area (Å²) >= 11 is 0. The maximum Gasteiger partial charge on any atom is 0.0541 e. The van der Waals surface area contributed by atoms with Crippen molar-refractivity contribution in [3.63, 3.8) is 0 Å². The third-order valence-electron chi connectivity index (χ3n) is 1.41. The van der Waals surface area contributed by atoms with Crippen LogP contribution in [0.15, 0.2) is 0 Å². The van der Waals surface area contributed by atoms with Crippen LogP contribution in [0.5, 0.6) is 0 Å². The van der Waals surface area contributed by atoms with Crippen LogP contribution in [0.4, 0.5) is 0 Å². The van der Waals surface area contributed by atoms with E-state index in [0.717, 1.165) is 25.7 Å². The van der Waals surface area contributed by atoms with Gasteiger partial charge in [0.25, 0.3) is 0 Å². The zero-order valence-electron chi connectivity index (χ0n) is 6.58. The molecule has 0 rings (SSSR count). The highest BCUT2D eigenvalue weighted by Gasteiger charge is 1.97. The fourth-order valence-corrected chi connectivity index (χ4v) is 0.820. The number of rotatable bonds is 5. The van der Waals surface area contributed by atoms with Crippen LogP contribution in [0.2, 0.25) is 0 Å². The molecule has 0 aliphatic rings. The molecule has 0 aliphatic carbocycles. The Balaban J connectivity index is 2.91. The van der Waals surface area contributed by atoms with Gasteiger partial charge < -0.3 is 10.2 Å². The fraction of sp³-hybridized carbons (Fsp3) is 0.875. The minimum atomic E-state index is -0.436. The second kappa shape index (κ2) is 5.69. The molecule has 0 aromatic carbocycles. The molecule has 0 saturated carbocycles. The van der Waals surface area contributed by atoms with E-state index in [1.165, 1.54) is 0 Å². The highest BCUT2D eigenvalue weighted by atomic mass is 16.3. The number of hydrogen-bond donors (Lipinski definition) is 2. The summed E-state index contributed by atoms with van der Waals surface area (Å²) < 4.78 is 0. The minimum absolute atomic E-state index is 0.207. The maximum atomic E-state index is 8.84. The van der Waals surface area contributed by atoms with Crippen molar-refractivity contribution >= 4 is 0 Å². The molecule has 2 N–H and O–H groups in total. The molecule has 61 valence electrons. The van der Waals surface area contributed by atoms with E-state index in [0.29, 0.717) is 0 Å². The summed E-state index contributed by atoms with van der Waals surface area (Å²) in [4.78, 5) is 0. The van der Waals surface area contributed by atoms with Gasteiger partial charge in [-0.05, 0) is 26.7 Å². The zero-order chi connectivity index (χ0) is 7.98. The Hall–Kier alpha value is -0.0800. The molecule has 2 heteroatoms. The molecule has 1 radical (unpaired) electrons. The molecule has 10 heavy (non-hydrogen) atoms. The van der Waals surface area contributed by atoms with Gasteiger partial charge in [0.05, 0.1) is 12.2 Å². The van der Waals surface area contributed by atoms with Gasteiger partial charge in [-0.3, -0.25) is 0 Å². The average molecular weight is 145 g/mol. The molecular formula is C8H17O2. The van der Waals surface area contributed by atoms with Gasteiger partial charge in [-0.15, -0.1) is 0 Å². The Kier molecular flexibility index (Phi) is 5.64. The van der Waals surface area contributed by atoms with Gasteiger partial charge in [-0.25, -0.2) is 0 Å². The molecule has 0 aliphatic heterocycles. The first-order valence-electron chi connectivity index (χ1n) is 3.82. The molecule has 0 amide bonds. The summed E-state index contributed by atoms with van der Waals surface area (Å²) in [5, 5.41) is 17.6. The molecule has 0 fully saturated rings. The summed E-state index contributed by atoms with van der Waals surface area (Å²) in [7, 11) is 0. The largest absolute Gasteiger partial charge is 0.393 e. The first kappa shape index (κ1) is 9.92. The van der Waals surface area contributed by atoms with Gasteiger partial charge in [0.2, 0.25) is 0 Å². The van der Waals surface area contributed by atoms with Gasteiger partial charge in [-0.2, -0.15) is 0 Å². The monoisotopic (exact) mass is 145 g/mol. The lowest BCUT2D eigenvalue weighted by Gasteiger charge is -2.04. The molecule has 0 saturated heterocycles. The Morgan fingerprint density at radius 1 is 1.20 bits per heavy atom. The van der Waals surface area contributed by atoms with Crippen LogP contribution in [0.25, 0.3) is 0 Å². The Morgan fingerprint density at radius 3 is 2.10 bits per heavy atom. The number of unbranched alkanes of at least 4 members (excludes halogenated alkanes) is 1. The molecule has 2 atom stereocenters. The van der Waals surface area contributed by atoms with Gasteiger partial charge in [0.15, 0.2) is 0 Å². The Bertz CT molecular complexity index is 59.7. The van der Waals surface area contributed by atoms with E-state index in [-0.39, 0.29) is 6.10 Å². The zero-order valence-corrected chi connectivity index (χ0v) is 6.58. The summed E-state index contributed by atoms with van der Waals surface area (Å²) in [5.74, 6) is 0. The predicted octanol–water partition coefficient (Wildman–Crippen LogP) is 1.12. The van der Waals surface area contributed by atoms with E-state index < -0.39 is 6.10 Å². The number of hydrogen-bond acceptors (Lipinski definition) is 2. The van der Waals surface area contributed by atoms with Crippen molar-refractivity contribution < 1.29 is 10.2 Å². The minimum Gasteiger partial charge on any atom is -0.393 e. The van der Waals surface area contributed by atoms with Crippen molar-refractivity contribution in [2.45, 2.75) is 44.8 Å². The highest BCUT2D eigenvalue weighted by Crippen LogP contribution is 2.04. The van der Waals surface area contributed by atoms with Crippen LogP contribution in [0.1, 0.15) is 32.6 Å². The van der Waals surface area contributed by atoms with Gasteiger partial charge in [0.1, 0.15) is 0 Å². The lowest BCUT2D eigenvalue weighted by Crippen LogP contribution is -2.02. The van der Waals surface area contributed by atoms with Crippen LogP contribution in [-0.2, 0) is 0 Å². The lowest BCUT2D eigenvalue weighted by molar-refractivity contribution is 0.172.